The van der Waals surface area contributed by atoms with Gasteiger partial charge in [0.2, 0.25) is 0 Å². The SMILES string of the molecule is C1CC1.CC.CC.CNc1ccc2cc(S)c(N=Nc3cc(OC)c(NNc4ccc(N)c(C(=O)O)c4)cc3OC)c(C)c2c1.c1ccccc1. The smallest absolute Gasteiger partial charge is 0.337 e. The van der Waals surface area contributed by atoms with Gasteiger partial charge in [0.25, 0.3) is 0 Å². The Morgan fingerprint density at radius 1 is 0.784 bits per heavy atom. The van der Waals surface area contributed by atoms with Crippen molar-refractivity contribution in [1.82, 2.24) is 0 Å². The Morgan fingerprint density at radius 3 is 1.90 bits per heavy atom. The van der Waals surface area contributed by atoms with Crippen molar-refractivity contribution in [3.05, 3.63) is 102 Å². The zero-order valence-corrected chi connectivity index (χ0v) is 31.8. The van der Waals surface area contributed by atoms with E-state index >= 15 is 0 Å². The van der Waals surface area contributed by atoms with Gasteiger partial charge < -0.3 is 31.1 Å². The van der Waals surface area contributed by atoms with Gasteiger partial charge in [-0.3, -0.25) is 5.43 Å². The number of nitrogens with one attached hydrogen (secondary N) is 3. The Labute approximate surface area is 307 Å². The van der Waals surface area contributed by atoms with Crippen molar-refractivity contribution in [1.29, 1.82) is 0 Å². The number of thiol groups is 1. The van der Waals surface area contributed by atoms with E-state index in [4.69, 9.17) is 15.2 Å². The number of carbonyl (C=O) groups is 1. The number of carboxylic acids is 1. The van der Waals surface area contributed by atoms with Crippen LogP contribution in [-0.4, -0.2) is 32.3 Å². The van der Waals surface area contributed by atoms with Crippen LogP contribution in [0.25, 0.3) is 10.8 Å². The second-order valence-electron chi connectivity index (χ2n) is 10.6. The van der Waals surface area contributed by atoms with Gasteiger partial charge in [-0.15, -0.1) is 22.9 Å². The number of hydrogen-bond donors (Lipinski definition) is 6. The molecule has 6 N–H and O–H groups in total. The van der Waals surface area contributed by atoms with E-state index in [9.17, 15) is 9.90 Å². The van der Waals surface area contributed by atoms with Crippen LogP contribution < -0.4 is 31.4 Å². The van der Waals surface area contributed by atoms with Crippen molar-refractivity contribution in [3.8, 4) is 11.5 Å². The summed E-state index contributed by atoms with van der Waals surface area (Å²) in [5, 5.41) is 23.5. The molecule has 1 aliphatic rings. The van der Waals surface area contributed by atoms with E-state index in [-0.39, 0.29) is 11.3 Å². The number of nitrogens with zero attached hydrogens (tertiary/aromatic N) is 2. The summed E-state index contributed by atoms with van der Waals surface area (Å²) in [6.07, 6.45) is 4.50. The molecule has 0 atom stereocenters. The number of carboxylic acid groups (broad SMARTS) is 1. The summed E-state index contributed by atoms with van der Waals surface area (Å²) in [6.45, 7) is 9.99. The number of nitrogen functional groups attached to an aromatic ring is 1. The molecule has 1 fully saturated rings. The van der Waals surface area contributed by atoms with Crippen molar-refractivity contribution in [2.75, 3.05) is 43.2 Å². The number of methoxy groups -OCH3 is 2. The molecular weight excluding hydrogens is 661 g/mol. The van der Waals surface area contributed by atoms with Gasteiger partial charge in [0.05, 0.1) is 31.2 Å². The monoisotopic (exact) mass is 712 g/mol. The van der Waals surface area contributed by atoms with E-state index in [0.29, 0.717) is 39.1 Å². The first-order valence-electron chi connectivity index (χ1n) is 17.0. The lowest BCUT2D eigenvalue weighted by molar-refractivity contribution is 0.0698. The van der Waals surface area contributed by atoms with Gasteiger partial charge in [-0.05, 0) is 59.7 Å². The van der Waals surface area contributed by atoms with Crippen LogP contribution in [0, 0.1) is 6.92 Å². The molecule has 51 heavy (non-hydrogen) atoms. The molecular formula is C40H52N6O4S. The fraction of sp³-hybridized carbons (Fsp3) is 0.275. The van der Waals surface area contributed by atoms with Crippen LogP contribution in [0.2, 0.25) is 0 Å². The zero-order valence-electron chi connectivity index (χ0n) is 30.9. The molecule has 0 radical (unpaired) electrons. The van der Waals surface area contributed by atoms with E-state index in [0.717, 1.165) is 22.0 Å². The Morgan fingerprint density at radius 2 is 1.37 bits per heavy atom. The maximum absolute atomic E-state index is 11.4. The average Bonchev–Trinajstić information content (AvgIpc) is 4.07. The van der Waals surface area contributed by atoms with Crippen molar-refractivity contribution < 1.29 is 19.4 Å². The predicted molar refractivity (Wildman–Crippen MR) is 217 cm³/mol. The Balaban J connectivity index is 0.000000588. The minimum Gasteiger partial charge on any atom is -0.494 e. The lowest BCUT2D eigenvalue weighted by atomic mass is 10.0. The zero-order chi connectivity index (χ0) is 37.8. The van der Waals surface area contributed by atoms with E-state index in [2.05, 4.69) is 45.1 Å². The van der Waals surface area contributed by atoms with Crippen molar-refractivity contribution in [2.24, 2.45) is 10.2 Å². The maximum Gasteiger partial charge on any atom is 0.337 e. The van der Waals surface area contributed by atoms with Crippen molar-refractivity contribution >= 4 is 63.5 Å². The van der Waals surface area contributed by atoms with Gasteiger partial charge >= 0.3 is 5.97 Å². The molecule has 0 aliphatic heterocycles. The summed E-state index contributed by atoms with van der Waals surface area (Å²) in [5.74, 6) is -0.214. The van der Waals surface area contributed by atoms with Gasteiger partial charge in [0.15, 0.2) is 0 Å². The number of aryl methyl sites for hydroxylation is 1. The highest BCUT2D eigenvalue weighted by molar-refractivity contribution is 7.80. The molecule has 11 heteroatoms. The number of hydrogen-bond acceptors (Lipinski definition) is 10. The number of benzene rings is 5. The molecule has 0 saturated heterocycles. The van der Waals surface area contributed by atoms with Gasteiger partial charge in [0.1, 0.15) is 22.9 Å². The summed E-state index contributed by atoms with van der Waals surface area (Å²) in [5.41, 5.74) is 15.9. The fourth-order valence-corrected chi connectivity index (χ4v) is 4.68. The first-order valence-corrected chi connectivity index (χ1v) is 17.5. The molecule has 5 aromatic rings. The van der Waals surface area contributed by atoms with Crippen LogP contribution in [0.5, 0.6) is 11.5 Å². The minimum atomic E-state index is -1.12. The quantitative estimate of drug-likeness (QED) is 0.0384. The predicted octanol–water partition coefficient (Wildman–Crippen LogP) is 11.5. The number of fused-ring (bicyclic) bond motifs is 1. The number of ether oxygens (including phenoxy) is 2. The molecule has 0 heterocycles. The standard InChI is InChI=1S/C27H28N6O4S.C6H6.C3H6.2C2H6/c1-14-18-10-16(29-2)6-5-15(18)9-25(38)26(14)33-32-22-13-23(36-3)21(12-24(22)37-4)31-30-17-7-8-20(28)19(11-17)27(34)35;1-2-4-6-5-3-1;1-2-3-1;2*1-2/h5-13,29-31,38H,28H2,1-4H3,(H,34,35);1-6H;1-3H2;2*1-2H3. The Hall–Kier alpha value is -5.42. The molecule has 0 aromatic heterocycles. The number of aromatic carboxylic acids is 1. The summed E-state index contributed by atoms with van der Waals surface area (Å²) in [7, 11) is 4.93. The second-order valence-corrected chi connectivity index (χ2v) is 11.0. The molecule has 0 bridgehead atoms. The number of azo groups is 1. The Kier molecular flexibility index (Phi) is 18.3. The molecule has 6 rings (SSSR count). The van der Waals surface area contributed by atoms with E-state index < -0.39 is 5.97 Å². The molecule has 0 unspecified atom stereocenters. The van der Waals surface area contributed by atoms with Gasteiger partial charge in [-0.2, -0.15) is 0 Å². The molecule has 0 amide bonds. The third-order valence-corrected chi connectivity index (χ3v) is 7.38. The highest BCUT2D eigenvalue weighted by Gasteiger charge is 2.14. The van der Waals surface area contributed by atoms with Crippen molar-refractivity contribution in [2.45, 2.75) is 58.8 Å². The summed E-state index contributed by atoms with van der Waals surface area (Å²) < 4.78 is 11.1. The normalized spacial score (nSPS) is 10.8. The van der Waals surface area contributed by atoms with Gasteiger partial charge in [-0.25, -0.2) is 4.79 Å². The van der Waals surface area contributed by atoms with Crippen LogP contribution in [0.3, 0.4) is 0 Å². The van der Waals surface area contributed by atoms with Gasteiger partial charge in [0, 0.05) is 35.5 Å². The van der Waals surface area contributed by atoms with Crippen LogP contribution in [0.4, 0.5) is 34.1 Å². The lowest BCUT2D eigenvalue weighted by Crippen LogP contribution is -2.11. The first kappa shape index (κ1) is 41.7. The highest BCUT2D eigenvalue weighted by Crippen LogP contribution is 2.41. The van der Waals surface area contributed by atoms with E-state index in [1.54, 1.807) is 18.2 Å². The van der Waals surface area contributed by atoms with Crippen LogP contribution in [0.15, 0.2) is 106 Å². The van der Waals surface area contributed by atoms with Crippen molar-refractivity contribution in [3.63, 3.8) is 0 Å². The molecule has 272 valence electrons. The van der Waals surface area contributed by atoms with E-state index in [1.165, 1.54) is 45.6 Å². The first-order chi connectivity index (χ1) is 24.7. The van der Waals surface area contributed by atoms with Crippen LogP contribution in [-0.2, 0) is 0 Å². The molecule has 1 aliphatic carbocycles. The van der Waals surface area contributed by atoms with Gasteiger partial charge in [-0.1, -0.05) is 89.4 Å². The third-order valence-electron chi connectivity index (χ3n) is 7.04. The van der Waals surface area contributed by atoms with E-state index in [1.807, 2.05) is 96.3 Å². The molecule has 5 aromatic carbocycles. The summed E-state index contributed by atoms with van der Waals surface area (Å²) >= 11 is 4.64. The van der Waals surface area contributed by atoms with Crippen LogP contribution in [0.1, 0.15) is 62.9 Å². The fourth-order valence-electron chi connectivity index (χ4n) is 4.33. The minimum absolute atomic E-state index is 0.00757. The highest BCUT2D eigenvalue weighted by atomic mass is 32.1. The number of nitrogens with two attached hydrogens (primary N) is 1. The Bertz CT molecular complexity index is 1820. The number of rotatable bonds is 9. The summed E-state index contributed by atoms with van der Waals surface area (Å²) in [4.78, 5) is 12.1. The third kappa shape index (κ3) is 12.8. The average molecular weight is 713 g/mol. The molecule has 10 nitrogen and oxygen atoms in total. The lowest BCUT2D eigenvalue weighted by Gasteiger charge is -2.16. The topological polar surface area (TPSA) is 143 Å². The number of anilines is 4. The second kappa shape index (κ2) is 22.3. The summed E-state index contributed by atoms with van der Waals surface area (Å²) in [6, 6.07) is 28.1. The number of hydrazine groups is 1. The molecule has 1 saturated carbocycles. The molecule has 0 spiro atoms. The van der Waals surface area contributed by atoms with Crippen LogP contribution >= 0.6 is 12.6 Å². The largest absolute Gasteiger partial charge is 0.494 e. The maximum atomic E-state index is 11.4.